The molecule has 4 N–H and O–H groups in total. The van der Waals surface area contributed by atoms with E-state index < -0.39 is 11.8 Å². The van der Waals surface area contributed by atoms with Crippen molar-refractivity contribution in [3.05, 3.63) is 59.7 Å². The number of anilines is 1. The number of amides is 3. The standard InChI is InChI=1S/C21H24N4O4S/c1-3-29-17-10-8-16(9-11-17)22-18(26)12-13-19(27)24-25-21(30)23-20(28)15-6-4-14(2)5-7-15/h4-11H,3,12-13H2,1-2H3,(H,22,26)(H,24,27)(H2,23,25,28,30). The Morgan fingerprint density at radius 2 is 1.53 bits per heavy atom. The van der Waals surface area contributed by atoms with Crippen LogP contribution in [0.4, 0.5) is 5.69 Å². The van der Waals surface area contributed by atoms with Gasteiger partial charge in [0.1, 0.15) is 5.75 Å². The van der Waals surface area contributed by atoms with Crippen molar-refractivity contribution in [3.8, 4) is 5.75 Å². The van der Waals surface area contributed by atoms with Crippen LogP contribution in [0, 0.1) is 6.92 Å². The third-order valence-electron chi connectivity index (χ3n) is 3.88. The molecule has 0 saturated heterocycles. The molecule has 0 atom stereocenters. The molecule has 3 amide bonds. The molecule has 0 heterocycles. The summed E-state index contributed by atoms with van der Waals surface area (Å²) in [7, 11) is 0. The van der Waals surface area contributed by atoms with Gasteiger partial charge in [0, 0.05) is 24.1 Å². The minimum absolute atomic E-state index is 0.0107. The fraction of sp³-hybridized carbons (Fsp3) is 0.238. The second-order valence-corrected chi connectivity index (χ2v) is 6.74. The second-order valence-electron chi connectivity index (χ2n) is 6.33. The third kappa shape index (κ3) is 7.88. The molecule has 0 aromatic heterocycles. The number of hydrazine groups is 1. The molecule has 0 aliphatic rings. The highest BCUT2D eigenvalue weighted by atomic mass is 32.1. The van der Waals surface area contributed by atoms with Crippen molar-refractivity contribution >= 4 is 40.7 Å². The van der Waals surface area contributed by atoms with Crippen molar-refractivity contribution in [2.75, 3.05) is 11.9 Å². The van der Waals surface area contributed by atoms with Crippen molar-refractivity contribution in [2.45, 2.75) is 26.7 Å². The van der Waals surface area contributed by atoms with Crippen LogP contribution in [0.15, 0.2) is 48.5 Å². The maximum atomic E-state index is 12.0. The lowest BCUT2D eigenvalue weighted by Crippen LogP contribution is -2.48. The number of aryl methyl sites for hydroxylation is 1. The van der Waals surface area contributed by atoms with Crippen LogP contribution in [0.2, 0.25) is 0 Å². The van der Waals surface area contributed by atoms with E-state index in [0.717, 1.165) is 5.56 Å². The summed E-state index contributed by atoms with van der Waals surface area (Å²) in [5, 5.41) is 5.11. The minimum atomic E-state index is -0.441. The zero-order chi connectivity index (χ0) is 21.9. The van der Waals surface area contributed by atoms with E-state index in [1.54, 1.807) is 36.4 Å². The molecule has 158 valence electrons. The molecule has 8 nitrogen and oxygen atoms in total. The number of ether oxygens (including phenoxy) is 1. The quantitative estimate of drug-likeness (QED) is 0.399. The van der Waals surface area contributed by atoms with E-state index in [1.165, 1.54) is 0 Å². The summed E-state index contributed by atoms with van der Waals surface area (Å²) in [5.74, 6) is -0.420. The van der Waals surface area contributed by atoms with Gasteiger partial charge in [0.2, 0.25) is 11.8 Å². The average molecular weight is 429 g/mol. The number of rotatable bonds is 7. The van der Waals surface area contributed by atoms with Crippen LogP contribution in [0.3, 0.4) is 0 Å². The molecule has 0 aliphatic heterocycles. The van der Waals surface area contributed by atoms with Crippen molar-refractivity contribution in [3.63, 3.8) is 0 Å². The highest BCUT2D eigenvalue weighted by molar-refractivity contribution is 7.80. The Kier molecular flexibility index (Phi) is 8.76. The first kappa shape index (κ1) is 22.8. The number of benzene rings is 2. The van der Waals surface area contributed by atoms with E-state index in [-0.39, 0.29) is 23.9 Å². The topological polar surface area (TPSA) is 109 Å². The molecule has 0 aliphatic carbocycles. The summed E-state index contributed by atoms with van der Waals surface area (Å²) < 4.78 is 5.34. The summed E-state index contributed by atoms with van der Waals surface area (Å²) in [4.78, 5) is 35.9. The Balaban J connectivity index is 1.67. The summed E-state index contributed by atoms with van der Waals surface area (Å²) in [5.41, 5.74) is 6.88. The number of hydrogen-bond donors (Lipinski definition) is 4. The second kappa shape index (κ2) is 11.5. The van der Waals surface area contributed by atoms with Crippen LogP contribution in [0.1, 0.15) is 35.7 Å². The Bertz CT molecular complexity index is 898. The number of carbonyl (C=O) groups is 3. The summed E-state index contributed by atoms with van der Waals surface area (Å²) in [6, 6.07) is 13.9. The summed E-state index contributed by atoms with van der Waals surface area (Å²) >= 11 is 4.98. The van der Waals surface area contributed by atoms with Crippen LogP contribution >= 0.6 is 12.2 Å². The summed E-state index contributed by atoms with van der Waals surface area (Å²) in [6.45, 7) is 4.37. The SMILES string of the molecule is CCOc1ccc(NC(=O)CCC(=O)NNC(=S)NC(=O)c2ccc(C)cc2)cc1. The normalized spacial score (nSPS) is 9.93. The Morgan fingerprint density at radius 3 is 2.17 bits per heavy atom. The molecule has 0 unspecified atom stereocenters. The fourth-order valence-corrected chi connectivity index (χ4v) is 2.50. The predicted octanol–water partition coefficient (Wildman–Crippen LogP) is 2.45. The van der Waals surface area contributed by atoms with E-state index in [1.807, 2.05) is 26.0 Å². The van der Waals surface area contributed by atoms with Gasteiger partial charge in [-0.05, 0) is 62.5 Å². The van der Waals surface area contributed by atoms with Gasteiger partial charge in [0.05, 0.1) is 6.61 Å². The van der Waals surface area contributed by atoms with Gasteiger partial charge in [0.25, 0.3) is 5.91 Å². The first-order valence-electron chi connectivity index (χ1n) is 9.37. The van der Waals surface area contributed by atoms with Gasteiger partial charge >= 0.3 is 0 Å². The monoisotopic (exact) mass is 428 g/mol. The minimum Gasteiger partial charge on any atom is -0.494 e. The van der Waals surface area contributed by atoms with Crippen LogP contribution in [-0.4, -0.2) is 29.4 Å². The molecule has 0 radical (unpaired) electrons. The lowest BCUT2D eigenvalue weighted by molar-refractivity contribution is -0.124. The maximum absolute atomic E-state index is 12.0. The smallest absolute Gasteiger partial charge is 0.257 e. The largest absolute Gasteiger partial charge is 0.494 e. The van der Waals surface area contributed by atoms with Crippen LogP contribution < -0.4 is 26.2 Å². The Morgan fingerprint density at radius 1 is 0.900 bits per heavy atom. The predicted molar refractivity (Wildman–Crippen MR) is 118 cm³/mol. The first-order valence-corrected chi connectivity index (χ1v) is 9.77. The first-order chi connectivity index (χ1) is 14.4. The van der Waals surface area contributed by atoms with Crippen molar-refractivity contribution in [1.82, 2.24) is 16.2 Å². The van der Waals surface area contributed by atoms with Crippen molar-refractivity contribution in [1.29, 1.82) is 0 Å². The van der Waals surface area contributed by atoms with E-state index in [0.29, 0.717) is 23.6 Å². The van der Waals surface area contributed by atoms with Gasteiger partial charge in [-0.3, -0.25) is 30.6 Å². The van der Waals surface area contributed by atoms with E-state index in [4.69, 9.17) is 17.0 Å². The van der Waals surface area contributed by atoms with Gasteiger partial charge in [-0.15, -0.1) is 0 Å². The zero-order valence-corrected chi connectivity index (χ0v) is 17.6. The fourth-order valence-electron chi connectivity index (χ4n) is 2.35. The van der Waals surface area contributed by atoms with E-state index >= 15 is 0 Å². The molecule has 0 saturated carbocycles. The lowest BCUT2D eigenvalue weighted by atomic mass is 10.1. The molecular weight excluding hydrogens is 404 g/mol. The highest BCUT2D eigenvalue weighted by Crippen LogP contribution is 2.15. The summed E-state index contributed by atoms with van der Waals surface area (Å²) in [6.07, 6.45) is -0.0619. The molecule has 0 bridgehead atoms. The molecular formula is C21H24N4O4S. The van der Waals surface area contributed by atoms with Gasteiger partial charge < -0.3 is 10.1 Å². The van der Waals surface area contributed by atoms with Gasteiger partial charge in [-0.2, -0.15) is 0 Å². The number of nitrogens with one attached hydrogen (secondary N) is 4. The van der Waals surface area contributed by atoms with E-state index in [2.05, 4.69) is 21.5 Å². The Labute approximate surface area is 180 Å². The van der Waals surface area contributed by atoms with Gasteiger partial charge in [-0.1, -0.05) is 17.7 Å². The van der Waals surface area contributed by atoms with Crippen LogP contribution in [-0.2, 0) is 9.59 Å². The van der Waals surface area contributed by atoms with Crippen LogP contribution in [0.25, 0.3) is 0 Å². The van der Waals surface area contributed by atoms with Gasteiger partial charge in [-0.25, -0.2) is 0 Å². The van der Waals surface area contributed by atoms with E-state index in [9.17, 15) is 14.4 Å². The lowest BCUT2D eigenvalue weighted by Gasteiger charge is -2.11. The number of thiocarbonyl (C=S) groups is 1. The van der Waals surface area contributed by atoms with Crippen molar-refractivity contribution < 1.29 is 19.1 Å². The average Bonchev–Trinajstić information content (AvgIpc) is 2.73. The molecule has 9 heteroatoms. The molecule has 0 fully saturated rings. The molecule has 2 aromatic rings. The number of carbonyl (C=O) groups excluding carboxylic acids is 3. The zero-order valence-electron chi connectivity index (χ0n) is 16.8. The number of hydrogen-bond acceptors (Lipinski definition) is 5. The Hall–Kier alpha value is -3.46. The molecule has 30 heavy (non-hydrogen) atoms. The van der Waals surface area contributed by atoms with Crippen molar-refractivity contribution in [2.24, 2.45) is 0 Å². The highest BCUT2D eigenvalue weighted by Gasteiger charge is 2.10. The molecule has 2 rings (SSSR count). The molecule has 0 spiro atoms. The van der Waals surface area contributed by atoms with Gasteiger partial charge in [0.15, 0.2) is 5.11 Å². The maximum Gasteiger partial charge on any atom is 0.257 e. The van der Waals surface area contributed by atoms with Crippen LogP contribution in [0.5, 0.6) is 5.75 Å². The third-order valence-corrected chi connectivity index (χ3v) is 4.09. The molecule has 2 aromatic carbocycles.